The molecule has 2 aromatic carbocycles. The Morgan fingerprint density at radius 2 is 1.39 bits per heavy atom. The van der Waals surface area contributed by atoms with E-state index in [9.17, 15) is 0 Å². The molecule has 0 aromatic heterocycles. The molecule has 18 heavy (non-hydrogen) atoms. The maximum atomic E-state index is 2.37. The molecule has 2 rings (SSSR count). The highest BCUT2D eigenvalue weighted by molar-refractivity contribution is 8.32. The van der Waals surface area contributed by atoms with E-state index in [4.69, 9.17) is 0 Å². The van der Waals surface area contributed by atoms with Gasteiger partial charge in [-0.2, -0.15) is 0 Å². The van der Waals surface area contributed by atoms with Crippen LogP contribution in [0, 0.1) is 0 Å². The van der Waals surface area contributed by atoms with Crippen molar-refractivity contribution in [3.8, 4) is 0 Å². The number of hydrogen-bond donors (Lipinski definition) is 0. The largest absolute Gasteiger partial charge is 0.217 e. The minimum absolute atomic E-state index is 0.717. The van der Waals surface area contributed by atoms with E-state index in [0.717, 1.165) is 5.75 Å². The highest BCUT2D eigenvalue weighted by Crippen LogP contribution is 2.48. The van der Waals surface area contributed by atoms with Crippen LogP contribution < -0.4 is 0 Å². The first-order valence-electron chi connectivity index (χ1n) is 6.16. The summed E-state index contributed by atoms with van der Waals surface area (Å²) < 4.78 is 0. The van der Waals surface area contributed by atoms with Gasteiger partial charge in [-0.05, 0) is 28.7 Å². The molecular weight excluding hydrogens is 236 g/mol. The second kappa shape index (κ2) is 5.92. The van der Waals surface area contributed by atoms with Gasteiger partial charge in [0.25, 0.3) is 0 Å². The van der Waals surface area contributed by atoms with Crippen LogP contribution in [-0.4, -0.2) is 18.3 Å². The highest BCUT2D eigenvalue weighted by Gasteiger charge is 2.11. The molecule has 94 valence electrons. The molecule has 0 saturated heterocycles. The van der Waals surface area contributed by atoms with Gasteiger partial charge in [0.2, 0.25) is 0 Å². The van der Waals surface area contributed by atoms with Crippen LogP contribution in [0.3, 0.4) is 0 Å². The first kappa shape index (κ1) is 13.0. The Morgan fingerprint density at radius 3 is 2.00 bits per heavy atom. The van der Waals surface area contributed by atoms with E-state index in [1.54, 1.807) is 0 Å². The molecule has 0 amide bonds. The van der Waals surface area contributed by atoms with Gasteiger partial charge in [-0.1, -0.05) is 72.8 Å². The lowest BCUT2D eigenvalue weighted by molar-refractivity contribution is 1.42. The second-order valence-electron chi connectivity index (χ2n) is 4.83. The van der Waals surface area contributed by atoms with Crippen molar-refractivity contribution in [3.05, 3.63) is 72.3 Å². The van der Waals surface area contributed by atoms with Crippen LogP contribution in [0.4, 0.5) is 0 Å². The van der Waals surface area contributed by atoms with Gasteiger partial charge in [0.05, 0.1) is 0 Å². The molecule has 0 N–H and O–H groups in total. The van der Waals surface area contributed by atoms with E-state index in [0.29, 0.717) is 0 Å². The normalized spacial score (nSPS) is 12.8. The smallest absolute Gasteiger partial charge is 0.000966 e. The molecule has 0 unspecified atom stereocenters. The van der Waals surface area contributed by atoms with Gasteiger partial charge in [0.1, 0.15) is 0 Å². The quantitative estimate of drug-likeness (QED) is 0.735. The second-order valence-corrected chi connectivity index (χ2v) is 8.71. The van der Waals surface area contributed by atoms with Crippen molar-refractivity contribution in [3.63, 3.8) is 0 Å². The predicted octanol–water partition coefficient (Wildman–Crippen LogP) is 4.82. The van der Waals surface area contributed by atoms with Crippen LogP contribution in [0.1, 0.15) is 5.56 Å². The molecule has 0 radical (unpaired) electrons. The lowest BCUT2D eigenvalue weighted by atomic mass is 10.2. The van der Waals surface area contributed by atoms with Gasteiger partial charge in [0.15, 0.2) is 0 Å². The third kappa shape index (κ3) is 3.51. The summed E-state index contributed by atoms with van der Waals surface area (Å²) >= 11 is 0. The van der Waals surface area contributed by atoms with Crippen molar-refractivity contribution >= 4 is 16.1 Å². The summed E-state index contributed by atoms with van der Waals surface area (Å²) in [6.45, 7) is 0. The molecule has 0 heterocycles. The Morgan fingerprint density at radius 1 is 0.833 bits per heavy atom. The van der Waals surface area contributed by atoms with Crippen LogP contribution in [0.5, 0.6) is 0 Å². The zero-order valence-corrected chi connectivity index (χ0v) is 11.9. The molecule has 1 heteroatoms. The molecule has 0 atom stereocenters. The minimum atomic E-state index is -0.717. The molecular formula is C17H20S. The molecule has 0 fully saturated rings. The number of rotatable bonds is 4. The molecule has 0 aliphatic rings. The third-order valence-corrected chi connectivity index (χ3v) is 5.58. The Hall–Kier alpha value is -1.47. The van der Waals surface area contributed by atoms with Crippen molar-refractivity contribution in [2.24, 2.45) is 0 Å². The molecule has 0 bridgehead atoms. The van der Waals surface area contributed by atoms with E-state index in [2.05, 4.69) is 85.3 Å². The van der Waals surface area contributed by atoms with Gasteiger partial charge < -0.3 is 0 Å². The Bertz CT molecular complexity index is 498. The average molecular weight is 256 g/mol. The summed E-state index contributed by atoms with van der Waals surface area (Å²) in [5, 5.41) is 0. The zero-order valence-electron chi connectivity index (χ0n) is 11.0. The minimum Gasteiger partial charge on any atom is -0.217 e. The number of benzene rings is 2. The van der Waals surface area contributed by atoms with Crippen molar-refractivity contribution in [1.82, 2.24) is 0 Å². The summed E-state index contributed by atoms with van der Waals surface area (Å²) in [7, 11) is -0.717. The van der Waals surface area contributed by atoms with E-state index in [1.807, 2.05) is 0 Å². The van der Waals surface area contributed by atoms with E-state index < -0.39 is 10.0 Å². The van der Waals surface area contributed by atoms with Crippen molar-refractivity contribution in [2.45, 2.75) is 4.90 Å². The van der Waals surface area contributed by atoms with Crippen molar-refractivity contribution in [2.75, 3.05) is 18.3 Å². The maximum Gasteiger partial charge on any atom is -0.000966 e. The first-order chi connectivity index (χ1) is 8.68. The Labute approximate surface area is 112 Å². The SMILES string of the molecule is CS(C)(C/C=C/c1ccccc1)c1ccccc1. The van der Waals surface area contributed by atoms with Crippen LogP contribution in [0.15, 0.2) is 71.6 Å². The van der Waals surface area contributed by atoms with E-state index >= 15 is 0 Å². The van der Waals surface area contributed by atoms with Crippen molar-refractivity contribution < 1.29 is 0 Å². The highest BCUT2D eigenvalue weighted by atomic mass is 32.3. The fraction of sp³-hybridized carbons (Fsp3) is 0.176. The van der Waals surface area contributed by atoms with Crippen LogP contribution >= 0.6 is 10.0 Å². The average Bonchev–Trinajstić information content (AvgIpc) is 2.41. The molecule has 0 saturated carbocycles. The Balaban J connectivity index is 2.04. The first-order valence-corrected chi connectivity index (χ1v) is 8.78. The molecule has 2 aromatic rings. The summed E-state index contributed by atoms with van der Waals surface area (Å²) in [5.41, 5.74) is 1.28. The third-order valence-electron chi connectivity index (χ3n) is 3.00. The fourth-order valence-corrected chi connectivity index (χ4v) is 3.54. The monoisotopic (exact) mass is 256 g/mol. The summed E-state index contributed by atoms with van der Waals surface area (Å²) in [6, 6.07) is 21.3. The van der Waals surface area contributed by atoms with Crippen LogP contribution in [-0.2, 0) is 0 Å². The predicted molar refractivity (Wildman–Crippen MR) is 84.5 cm³/mol. The summed E-state index contributed by atoms with van der Waals surface area (Å²) in [6.07, 6.45) is 9.27. The lowest BCUT2D eigenvalue weighted by Gasteiger charge is -2.30. The molecule has 0 aliphatic heterocycles. The molecule has 0 spiro atoms. The summed E-state index contributed by atoms with van der Waals surface area (Å²) in [5.74, 6) is 1.13. The fourth-order valence-electron chi connectivity index (χ4n) is 1.87. The standard InChI is InChI=1S/C17H20S/c1-18(2,17-13-7-4-8-14-17)15-9-12-16-10-5-3-6-11-16/h3-14H,15H2,1-2H3/b12-9+. The maximum absolute atomic E-state index is 2.37. The number of hydrogen-bond acceptors (Lipinski definition) is 0. The topological polar surface area (TPSA) is 0 Å². The van der Waals surface area contributed by atoms with Gasteiger partial charge in [0, 0.05) is 0 Å². The molecule has 0 nitrogen and oxygen atoms in total. The van der Waals surface area contributed by atoms with Crippen LogP contribution in [0.2, 0.25) is 0 Å². The van der Waals surface area contributed by atoms with Crippen molar-refractivity contribution in [1.29, 1.82) is 0 Å². The molecule has 0 aliphatic carbocycles. The zero-order chi connectivity index (χ0) is 12.8. The van der Waals surface area contributed by atoms with Gasteiger partial charge in [-0.15, -0.1) is 0 Å². The Kier molecular flexibility index (Phi) is 4.27. The summed E-state index contributed by atoms with van der Waals surface area (Å²) in [4.78, 5) is 1.47. The van der Waals surface area contributed by atoms with Gasteiger partial charge >= 0.3 is 0 Å². The van der Waals surface area contributed by atoms with Gasteiger partial charge in [-0.3, -0.25) is 0 Å². The van der Waals surface area contributed by atoms with Gasteiger partial charge in [-0.25, -0.2) is 10.0 Å². The van der Waals surface area contributed by atoms with E-state index in [-0.39, 0.29) is 0 Å². The van der Waals surface area contributed by atoms with Crippen LogP contribution in [0.25, 0.3) is 6.08 Å². The van der Waals surface area contributed by atoms with E-state index in [1.165, 1.54) is 10.5 Å². The lowest BCUT2D eigenvalue weighted by Crippen LogP contribution is -1.99.